The van der Waals surface area contributed by atoms with E-state index in [1.54, 1.807) is 11.0 Å². The maximum absolute atomic E-state index is 12.7. The molecule has 2 heterocycles. The van der Waals surface area contributed by atoms with Crippen LogP contribution in [0.5, 0.6) is 0 Å². The van der Waals surface area contributed by atoms with Crippen LogP contribution in [-0.4, -0.2) is 29.3 Å². The van der Waals surface area contributed by atoms with Gasteiger partial charge in [-0.3, -0.25) is 14.7 Å². The molecule has 0 atom stereocenters. The predicted octanol–water partition coefficient (Wildman–Crippen LogP) is 3.86. The van der Waals surface area contributed by atoms with Crippen molar-refractivity contribution in [2.24, 2.45) is 0 Å². The molecule has 6 heteroatoms. The molecule has 0 aliphatic carbocycles. The largest absolute Gasteiger partial charge is 0.378 e. The van der Waals surface area contributed by atoms with Crippen LogP contribution >= 0.6 is 24.0 Å². The quantitative estimate of drug-likeness (QED) is 0.617. The number of rotatable bonds is 3. The van der Waals surface area contributed by atoms with Crippen molar-refractivity contribution in [3.8, 4) is 0 Å². The molecule has 0 bridgehead atoms. The standard InChI is InChI=1S/C18H17N3OS2/c1-12-5-4-6-13(19-12)11-16-17(22)21(18(23)24-16)15-9-7-14(8-10-15)20(2)3/h4-11H,1-3H3/b16-11+. The average molecular weight is 355 g/mol. The van der Waals surface area contributed by atoms with Gasteiger partial charge in [0, 0.05) is 25.5 Å². The van der Waals surface area contributed by atoms with Crippen molar-refractivity contribution in [2.75, 3.05) is 23.9 Å². The molecule has 1 aliphatic heterocycles. The van der Waals surface area contributed by atoms with Gasteiger partial charge in [0.15, 0.2) is 4.32 Å². The van der Waals surface area contributed by atoms with Crippen molar-refractivity contribution in [3.63, 3.8) is 0 Å². The first kappa shape index (κ1) is 16.7. The summed E-state index contributed by atoms with van der Waals surface area (Å²) in [5.41, 5.74) is 3.53. The molecule has 1 aromatic carbocycles. The minimum atomic E-state index is -0.106. The number of pyridine rings is 1. The van der Waals surface area contributed by atoms with Crippen LogP contribution in [0.4, 0.5) is 11.4 Å². The van der Waals surface area contributed by atoms with Gasteiger partial charge in [-0.05, 0) is 49.4 Å². The van der Waals surface area contributed by atoms with E-state index in [1.165, 1.54) is 11.8 Å². The minimum Gasteiger partial charge on any atom is -0.378 e. The molecule has 1 aliphatic rings. The Bertz CT molecular complexity index is 828. The number of aromatic nitrogens is 1. The molecule has 24 heavy (non-hydrogen) atoms. The SMILES string of the molecule is Cc1cccc(/C=C2/SC(=S)N(c3ccc(N(C)C)cc3)C2=O)n1. The van der Waals surface area contributed by atoms with Gasteiger partial charge >= 0.3 is 0 Å². The molecule has 0 unspecified atom stereocenters. The average Bonchev–Trinajstić information content (AvgIpc) is 2.81. The van der Waals surface area contributed by atoms with Crippen LogP contribution in [0.3, 0.4) is 0 Å². The van der Waals surface area contributed by atoms with Gasteiger partial charge in [0.05, 0.1) is 16.3 Å². The highest BCUT2D eigenvalue weighted by Crippen LogP contribution is 2.36. The molecule has 1 amide bonds. The van der Waals surface area contributed by atoms with Gasteiger partial charge < -0.3 is 4.90 Å². The maximum Gasteiger partial charge on any atom is 0.270 e. The van der Waals surface area contributed by atoms with Crippen molar-refractivity contribution in [1.82, 2.24) is 4.98 Å². The van der Waals surface area contributed by atoms with E-state index in [0.717, 1.165) is 22.8 Å². The van der Waals surface area contributed by atoms with Crippen molar-refractivity contribution < 1.29 is 4.79 Å². The van der Waals surface area contributed by atoms with E-state index in [1.807, 2.05) is 68.4 Å². The second kappa shape index (κ2) is 6.75. The first-order chi connectivity index (χ1) is 11.5. The number of carbonyl (C=O) groups is 1. The summed E-state index contributed by atoms with van der Waals surface area (Å²) in [7, 11) is 3.96. The molecule has 122 valence electrons. The number of hydrogen-bond donors (Lipinski definition) is 0. The molecular formula is C18H17N3OS2. The summed E-state index contributed by atoms with van der Waals surface area (Å²) in [4.78, 5) is 21.3. The summed E-state index contributed by atoms with van der Waals surface area (Å²) in [6.07, 6.45) is 1.79. The molecular weight excluding hydrogens is 338 g/mol. The number of hydrogen-bond acceptors (Lipinski definition) is 5. The zero-order valence-electron chi connectivity index (χ0n) is 13.7. The highest BCUT2D eigenvalue weighted by molar-refractivity contribution is 8.27. The molecule has 0 saturated carbocycles. The number of anilines is 2. The lowest BCUT2D eigenvalue weighted by Gasteiger charge is -2.17. The third kappa shape index (κ3) is 3.34. The molecule has 0 spiro atoms. The van der Waals surface area contributed by atoms with Crippen LogP contribution < -0.4 is 9.80 Å². The fourth-order valence-electron chi connectivity index (χ4n) is 2.37. The topological polar surface area (TPSA) is 36.4 Å². The van der Waals surface area contributed by atoms with E-state index >= 15 is 0 Å². The highest BCUT2D eigenvalue weighted by Gasteiger charge is 2.33. The zero-order chi connectivity index (χ0) is 17.3. The first-order valence-electron chi connectivity index (χ1n) is 7.45. The summed E-state index contributed by atoms with van der Waals surface area (Å²) in [6, 6.07) is 13.5. The van der Waals surface area contributed by atoms with Crippen LogP contribution in [0.2, 0.25) is 0 Å². The Morgan fingerprint density at radius 2 is 1.88 bits per heavy atom. The number of thioether (sulfide) groups is 1. The molecule has 1 fully saturated rings. The number of nitrogens with zero attached hydrogens (tertiary/aromatic N) is 3. The van der Waals surface area contributed by atoms with Crippen LogP contribution in [0, 0.1) is 6.92 Å². The molecule has 1 aromatic heterocycles. The van der Waals surface area contributed by atoms with Crippen LogP contribution in [0.25, 0.3) is 6.08 Å². The summed E-state index contributed by atoms with van der Waals surface area (Å²) in [5.74, 6) is -0.106. The van der Waals surface area contributed by atoms with Gasteiger partial charge in [0.2, 0.25) is 0 Å². The van der Waals surface area contributed by atoms with Gasteiger partial charge in [-0.2, -0.15) is 0 Å². The minimum absolute atomic E-state index is 0.106. The maximum atomic E-state index is 12.7. The second-order valence-electron chi connectivity index (χ2n) is 5.63. The molecule has 0 radical (unpaired) electrons. The second-order valence-corrected chi connectivity index (χ2v) is 7.31. The Kier molecular flexibility index (Phi) is 4.69. The summed E-state index contributed by atoms with van der Waals surface area (Å²) in [6.45, 7) is 1.93. The Morgan fingerprint density at radius 1 is 1.17 bits per heavy atom. The van der Waals surface area contributed by atoms with Gasteiger partial charge in [0.25, 0.3) is 5.91 Å². The summed E-state index contributed by atoms with van der Waals surface area (Å²) in [5, 5.41) is 0. The monoisotopic (exact) mass is 355 g/mol. The van der Waals surface area contributed by atoms with E-state index in [9.17, 15) is 4.79 Å². The third-order valence-electron chi connectivity index (χ3n) is 3.61. The number of amides is 1. The van der Waals surface area contributed by atoms with E-state index in [4.69, 9.17) is 12.2 Å². The van der Waals surface area contributed by atoms with Crippen LogP contribution in [0.1, 0.15) is 11.4 Å². The zero-order valence-corrected chi connectivity index (χ0v) is 15.3. The fourth-order valence-corrected chi connectivity index (χ4v) is 3.65. The van der Waals surface area contributed by atoms with E-state index in [0.29, 0.717) is 9.23 Å². The smallest absolute Gasteiger partial charge is 0.270 e. The summed E-state index contributed by atoms with van der Waals surface area (Å²) < 4.78 is 0.538. The van der Waals surface area contributed by atoms with Crippen molar-refractivity contribution in [3.05, 3.63) is 58.8 Å². The fraction of sp³-hybridized carbons (Fsp3) is 0.167. The lowest BCUT2D eigenvalue weighted by Crippen LogP contribution is -2.27. The predicted molar refractivity (Wildman–Crippen MR) is 105 cm³/mol. The first-order valence-corrected chi connectivity index (χ1v) is 8.67. The number of carbonyl (C=O) groups excluding carboxylic acids is 1. The van der Waals surface area contributed by atoms with Gasteiger partial charge in [0.1, 0.15) is 0 Å². The molecule has 4 nitrogen and oxygen atoms in total. The number of thiocarbonyl (C=S) groups is 1. The lowest BCUT2D eigenvalue weighted by atomic mass is 10.2. The van der Waals surface area contributed by atoms with Crippen molar-refractivity contribution in [2.45, 2.75) is 6.92 Å². The Morgan fingerprint density at radius 3 is 2.50 bits per heavy atom. The molecule has 1 saturated heterocycles. The van der Waals surface area contributed by atoms with Gasteiger partial charge in [-0.1, -0.05) is 30.0 Å². The van der Waals surface area contributed by atoms with E-state index in [2.05, 4.69) is 4.98 Å². The van der Waals surface area contributed by atoms with Crippen LogP contribution in [-0.2, 0) is 4.79 Å². The lowest BCUT2D eigenvalue weighted by molar-refractivity contribution is -0.113. The Hall–Kier alpha value is -2.18. The van der Waals surface area contributed by atoms with E-state index < -0.39 is 0 Å². The number of aryl methyl sites for hydroxylation is 1. The Balaban J connectivity index is 1.89. The molecule has 0 N–H and O–H groups in total. The summed E-state index contributed by atoms with van der Waals surface area (Å²) >= 11 is 6.71. The molecule has 2 aromatic rings. The molecule has 3 rings (SSSR count). The Labute approximate surface area is 151 Å². The number of benzene rings is 1. The highest BCUT2D eigenvalue weighted by atomic mass is 32.2. The normalized spacial score (nSPS) is 16.1. The van der Waals surface area contributed by atoms with Crippen molar-refractivity contribution >= 4 is 51.7 Å². The van der Waals surface area contributed by atoms with Crippen molar-refractivity contribution in [1.29, 1.82) is 0 Å². The van der Waals surface area contributed by atoms with E-state index in [-0.39, 0.29) is 5.91 Å². The van der Waals surface area contributed by atoms with Gasteiger partial charge in [-0.25, -0.2) is 0 Å². The van der Waals surface area contributed by atoms with Gasteiger partial charge in [-0.15, -0.1) is 0 Å². The third-order valence-corrected chi connectivity index (χ3v) is 4.91. The van der Waals surface area contributed by atoms with Crippen LogP contribution in [0.15, 0.2) is 47.4 Å².